The second-order valence-corrected chi connectivity index (χ2v) is 4.74. The molecule has 0 unspecified atom stereocenters. The Labute approximate surface area is 104 Å². The van der Waals surface area contributed by atoms with Crippen LogP contribution in [-0.4, -0.2) is 9.78 Å². The van der Waals surface area contributed by atoms with Gasteiger partial charge in [-0.3, -0.25) is 4.57 Å². The lowest BCUT2D eigenvalue weighted by molar-refractivity contribution is -0.739. The summed E-state index contributed by atoms with van der Waals surface area (Å²) in [5.74, 6) is 1.15. The van der Waals surface area contributed by atoms with E-state index in [9.17, 15) is 0 Å². The van der Waals surface area contributed by atoms with Crippen molar-refractivity contribution >= 4 is 12.6 Å². The van der Waals surface area contributed by atoms with E-state index < -0.39 is 0 Å². The zero-order chi connectivity index (χ0) is 12.0. The van der Waals surface area contributed by atoms with E-state index in [0.29, 0.717) is 5.16 Å². The Morgan fingerprint density at radius 2 is 1.81 bits per heavy atom. The molecule has 0 fully saturated rings. The first-order valence-electron chi connectivity index (χ1n) is 6.27. The highest BCUT2D eigenvalue weighted by Crippen LogP contribution is 2.05. The number of unbranched alkanes of at least 4 members (excludes halogenated alkanes) is 5. The van der Waals surface area contributed by atoms with Crippen LogP contribution < -0.4 is 4.57 Å². The van der Waals surface area contributed by atoms with E-state index in [2.05, 4.69) is 23.5 Å². The Morgan fingerprint density at radius 3 is 2.38 bits per heavy atom. The van der Waals surface area contributed by atoms with Gasteiger partial charge in [0.2, 0.25) is 5.82 Å². The molecule has 0 saturated carbocycles. The number of aromatic nitrogens is 3. The van der Waals surface area contributed by atoms with Gasteiger partial charge in [0.05, 0.1) is 13.6 Å². The number of rotatable bonds is 7. The highest BCUT2D eigenvalue weighted by molar-refractivity contribution is 7.58. The van der Waals surface area contributed by atoms with E-state index in [4.69, 9.17) is 12.6 Å². The van der Waals surface area contributed by atoms with Crippen LogP contribution in [0.25, 0.3) is 0 Å². The van der Waals surface area contributed by atoms with E-state index in [1.165, 1.54) is 38.5 Å². The molecule has 0 bridgehead atoms. The van der Waals surface area contributed by atoms with Gasteiger partial charge in [0, 0.05) is 12.0 Å². The standard InChI is InChI=1S/C12H23N3S/c1-4-5-6-7-8-9-10-15-11(2)14(3)13-12(15)16/h4-10H2,1-3H3. The predicted molar refractivity (Wildman–Crippen MR) is 67.1 cm³/mol. The van der Waals surface area contributed by atoms with Crippen LogP contribution in [-0.2, 0) is 26.2 Å². The molecule has 1 heterocycles. The van der Waals surface area contributed by atoms with E-state index in [0.717, 1.165) is 12.4 Å². The number of hydrogen-bond donors (Lipinski definition) is 0. The van der Waals surface area contributed by atoms with Crippen LogP contribution in [0.1, 0.15) is 51.3 Å². The predicted octanol–water partition coefficient (Wildman–Crippen LogP) is 2.28. The fourth-order valence-corrected chi connectivity index (χ4v) is 2.22. The molecule has 0 aliphatic heterocycles. The average Bonchev–Trinajstić information content (AvgIpc) is 2.49. The van der Waals surface area contributed by atoms with Gasteiger partial charge < -0.3 is 12.6 Å². The monoisotopic (exact) mass is 241 g/mol. The molecule has 0 radical (unpaired) electrons. The Bertz CT molecular complexity index is 320. The molecule has 4 heteroatoms. The lowest BCUT2D eigenvalue weighted by atomic mass is 10.1. The highest BCUT2D eigenvalue weighted by Gasteiger charge is 2.10. The van der Waals surface area contributed by atoms with Crippen molar-refractivity contribution in [3.63, 3.8) is 0 Å². The van der Waals surface area contributed by atoms with Crippen molar-refractivity contribution in [3.05, 3.63) is 5.82 Å². The minimum Gasteiger partial charge on any atom is -0.703 e. The van der Waals surface area contributed by atoms with Crippen molar-refractivity contribution < 1.29 is 4.57 Å². The Hall–Kier alpha value is -0.640. The highest BCUT2D eigenvalue weighted by atomic mass is 32.1. The molecule has 1 aromatic rings. The van der Waals surface area contributed by atoms with Crippen LogP contribution in [0, 0.1) is 6.92 Å². The second kappa shape index (κ2) is 6.84. The molecule has 3 nitrogen and oxygen atoms in total. The normalized spacial score (nSPS) is 10.9. The van der Waals surface area contributed by atoms with Gasteiger partial charge in [0.15, 0.2) is 5.16 Å². The molecule has 0 amide bonds. The quantitative estimate of drug-likeness (QED) is 0.415. The SMILES string of the molecule is CCCCCCCC[n+]1c([S-])nn(C)c1C. The molecule has 1 aromatic heterocycles. The molecule has 92 valence electrons. The topological polar surface area (TPSA) is 21.7 Å². The van der Waals surface area contributed by atoms with Gasteiger partial charge in [-0.2, -0.15) is 0 Å². The van der Waals surface area contributed by atoms with Crippen LogP contribution in [0.15, 0.2) is 5.16 Å². The second-order valence-electron chi connectivity index (χ2n) is 4.37. The summed E-state index contributed by atoms with van der Waals surface area (Å²) in [6, 6.07) is 0. The zero-order valence-electron chi connectivity index (χ0n) is 10.7. The van der Waals surface area contributed by atoms with Crippen molar-refractivity contribution in [1.82, 2.24) is 9.78 Å². The maximum Gasteiger partial charge on any atom is 0.231 e. The summed E-state index contributed by atoms with van der Waals surface area (Å²) >= 11 is 5.21. The molecule has 0 aromatic carbocycles. The summed E-state index contributed by atoms with van der Waals surface area (Å²) in [7, 11) is 1.95. The minimum absolute atomic E-state index is 0.716. The molecule has 0 spiro atoms. The van der Waals surface area contributed by atoms with Crippen LogP contribution in [0.5, 0.6) is 0 Å². The van der Waals surface area contributed by atoms with E-state index in [1.54, 1.807) is 0 Å². The molecular formula is C12H23N3S. The minimum atomic E-state index is 0.716. The Balaban J connectivity index is 2.26. The lowest BCUT2D eigenvalue weighted by Crippen LogP contribution is -2.38. The van der Waals surface area contributed by atoms with Gasteiger partial charge >= 0.3 is 0 Å². The molecule has 16 heavy (non-hydrogen) atoms. The maximum absolute atomic E-state index is 5.21. The van der Waals surface area contributed by atoms with Crippen LogP contribution in [0.3, 0.4) is 0 Å². The molecule has 0 aliphatic carbocycles. The van der Waals surface area contributed by atoms with E-state index in [-0.39, 0.29) is 0 Å². The number of hydrogen-bond acceptors (Lipinski definition) is 2. The number of nitrogens with zero attached hydrogens (tertiary/aromatic N) is 3. The molecule has 1 rings (SSSR count). The van der Waals surface area contributed by atoms with Gasteiger partial charge in [-0.15, -0.1) is 4.68 Å². The van der Waals surface area contributed by atoms with Gasteiger partial charge in [-0.25, -0.2) is 0 Å². The fourth-order valence-electron chi connectivity index (χ4n) is 1.88. The Kier molecular flexibility index (Phi) is 5.74. The van der Waals surface area contributed by atoms with Crippen molar-refractivity contribution in [2.45, 2.75) is 64.1 Å². The fraction of sp³-hybridized carbons (Fsp3) is 0.833. The summed E-state index contributed by atoms with van der Waals surface area (Å²) in [6.07, 6.45) is 7.91. The van der Waals surface area contributed by atoms with Gasteiger partial charge in [0.1, 0.15) is 0 Å². The molecular weight excluding hydrogens is 218 g/mol. The van der Waals surface area contributed by atoms with Crippen LogP contribution in [0.4, 0.5) is 0 Å². The summed E-state index contributed by atoms with van der Waals surface area (Å²) < 4.78 is 3.99. The summed E-state index contributed by atoms with van der Waals surface area (Å²) in [5.41, 5.74) is 0. The zero-order valence-corrected chi connectivity index (χ0v) is 11.5. The smallest absolute Gasteiger partial charge is 0.231 e. The van der Waals surface area contributed by atoms with Gasteiger partial charge in [0.25, 0.3) is 0 Å². The van der Waals surface area contributed by atoms with Crippen LogP contribution in [0.2, 0.25) is 0 Å². The first kappa shape index (κ1) is 13.4. The number of aryl methyl sites for hydroxylation is 1. The third kappa shape index (κ3) is 3.74. The molecule has 0 N–H and O–H groups in total. The molecule has 0 saturated heterocycles. The van der Waals surface area contributed by atoms with Gasteiger partial charge in [-0.1, -0.05) is 39.0 Å². The summed E-state index contributed by atoms with van der Waals surface area (Å²) in [6.45, 7) is 5.34. The molecule has 0 atom stereocenters. The third-order valence-electron chi connectivity index (χ3n) is 3.06. The van der Waals surface area contributed by atoms with Crippen LogP contribution >= 0.6 is 0 Å². The Morgan fingerprint density at radius 1 is 1.19 bits per heavy atom. The third-order valence-corrected chi connectivity index (χ3v) is 3.36. The van der Waals surface area contributed by atoms with E-state index in [1.807, 2.05) is 11.7 Å². The van der Waals surface area contributed by atoms with Gasteiger partial charge in [-0.05, 0) is 6.42 Å². The van der Waals surface area contributed by atoms with Crippen molar-refractivity contribution in [2.24, 2.45) is 7.05 Å². The lowest BCUT2D eigenvalue weighted by Gasteiger charge is -2.04. The average molecular weight is 241 g/mol. The summed E-state index contributed by atoms with van der Waals surface area (Å²) in [5, 5.41) is 4.95. The molecule has 0 aliphatic rings. The van der Waals surface area contributed by atoms with Crippen molar-refractivity contribution in [2.75, 3.05) is 0 Å². The maximum atomic E-state index is 5.21. The first-order valence-corrected chi connectivity index (χ1v) is 6.68. The largest absolute Gasteiger partial charge is 0.703 e. The van der Waals surface area contributed by atoms with Crippen molar-refractivity contribution in [3.8, 4) is 0 Å². The summed E-state index contributed by atoms with van der Waals surface area (Å²) in [4.78, 5) is 0. The first-order chi connectivity index (χ1) is 7.66. The van der Waals surface area contributed by atoms with Crippen molar-refractivity contribution in [1.29, 1.82) is 0 Å². The van der Waals surface area contributed by atoms with E-state index >= 15 is 0 Å².